The van der Waals surface area contributed by atoms with Crippen LogP contribution in [0.25, 0.3) is 0 Å². The van der Waals surface area contributed by atoms with Crippen LogP contribution in [0.5, 0.6) is 0 Å². The average molecular weight is 330 g/mol. The number of piperidine rings is 1. The lowest BCUT2D eigenvalue weighted by molar-refractivity contribution is -0.134. The van der Waals surface area contributed by atoms with Crippen LogP contribution in [0.15, 0.2) is 24.3 Å². The molecule has 4 heteroatoms. The Morgan fingerprint density at radius 1 is 1.12 bits per heavy atom. The zero-order valence-electron chi connectivity index (χ0n) is 15.3. The van der Waals surface area contributed by atoms with E-state index in [1.165, 1.54) is 5.56 Å². The lowest BCUT2D eigenvalue weighted by Gasteiger charge is -2.31. The molecule has 0 spiro atoms. The molecule has 0 radical (unpaired) electrons. The molecule has 1 fully saturated rings. The molecule has 1 aromatic rings. The molecule has 1 N–H and O–H groups in total. The third-order valence-corrected chi connectivity index (χ3v) is 4.79. The zero-order chi connectivity index (χ0) is 17.7. The average Bonchev–Trinajstić information content (AvgIpc) is 2.55. The van der Waals surface area contributed by atoms with E-state index in [0.717, 1.165) is 24.8 Å². The lowest BCUT2D eigenvalue weighted by Crippen LogP contribution is -2.42. The second-order valence-corrected chi connectivity index (χ2v) is 7.35. The number of hydrogen-bond acceptors (Lipinski definition) is 2. The molecule has 1 atom stereocenters. The van der Waals surface area contributed by atoms with Crippen LogP contribution in [0.4, 0.5) is 0 Å². The summed E-state index contributed by atoms with van der Waals surface area (Å²) in [4.78, 5) is 25.6. The monoisotopic (exact) mass is 330 g/mol. The zero-order valence-corrected chi connectivity index (χ0v) is 15.3. The normalized spacial score (nSPS) is 17.0. The minimum Gasteiger partial charge on any atom is -0.349 e. The summed E-state index contributed by atoms with van der Waals surface area (Å²) in [6.45, 7) is 9.42. The molecule has 1 unspecified atom stereocenters. The SMILES string of the molecule is CC(=O)N1CCC(C(=O)NC(C)c2ccc(CC(C)C)cc2)CC1. The molecule has 132 valence electrons. The van der Waals surface area contributed by atoms with Gasteiger partial charge in [0.05, 0.1) is 6.04 Å². The lowest BCUT2D eigenvalue weighted by atomic mass is 9.95. The van der Waals surface area contributed by atoms with Gasteiger partial charge in [0, 0.05) is 25.9 Å². The van der Waals surface area contributed by atoms with Crippen LogP contribution in [0, 0.1) is 11.8 Å². The van der Waals surface area contributed by atoms with Gasteiger partial charge in [-0.3, -0.25) is 9.59 Å². The molecule has 1 saturated heterocycles. The number of hydrogen-bond donors (Lipinski definition) is 1. The van der Waals surface area contributed by atoms with Crippen molar-refractivity contribution in [2.45, 2.75) is 53.0 Å². The van der Waals surface area contributed by atoms with Crippen LogP contribution >= 0.6 is 0 Å². The molecule has 1 aromatic carbocycles. The summed E-state index contributed by atoms with van der Waals surface area (Å²) >= 11 is 0. The van der Waals surface area contributed by atoms with Crippen molar-refractivity contribution in [3.63, 3.8) is 0 Å². The van der Waals surface area contributed by atoms with Crippen LogP contribution in [0.3, 0.4) is 0 Å². The van der Waals surface area contributed by atoms with Crippen LogP contribution in [0.1, 0.15) is 57.7 Å². The highest BCUT2D eigenvalue weighted by molar-refractivity contribution is 5.80. The summed E-state index contributed by atoms with van der Waals surface area (Å²) in [7, 11) is 0. The van der Waals surface area contributed by atoms with Gasteiger partial charge in [-0.2, -0.15) is 0 Å². The van der Waals surface area contributed by atoms with E-state index in [2.05, 4.69) is 43.4 Å². The molecule has 0 aromatic heterocycles. The number of benzene rings is 1. The summed E-state index contributed by atoms with van der Waals surface area (Å²) in [5.74, 6) is 0.873. The minimum atomic E-state index is 0.0106. The van der Waals surface area contributed by atoms with Crippen molar-refractivity contribution in [2.24, 2.45) is 11.8 Å². The van der Waals surface area contributed by atoms with Gasteiger partial charge in [-0.1, -0.05) is 38.1 Å². The Labute approximate surface area is 145 Å². The van der Waals surface area contributed by atoms with Crippen molar-refractivity contribution < 1.29 is 9.59 Å². The first-order valence-corrected chi connectivity index (χ1v) is 9.01. The second kappa shape index (κ2) is 8.32. The number of carbonyl (C=O) groups is 2. The highest BCUT2D eigenvalue weighted by Crippen LogP contribution is 2.20. The predicted octanol–water partition coefficient (Wildman–Crippen LogP) is 3.32. The van der Waals surface area contributed by atoms with E-state index in [0.29, 0.717) is 19.0 Å². The Kier molecular flexibility index (Phi) is 6.41. The number of nitrogens with zero attached hydrogens (tertiary/aromatic N) is 1. The first kappa shape index (κ1) is 18.5. The van der Waals surface area contributed by atoms with Gasteiger partial charge in [-0.05, 0) is 43.2 Å². The van der Waals surface area contributed by atoms with E-state index in [4.69, 9.17) is 0 Å². The fourth-order valence-corrected chi connectivity index (χ4v) is 3.28. The van der Waals surface area contributed by atoms with E-state index in [-0.39, 0.29) is 23.8 Å². The highest BCUT2D eigenvalue weighted by atomic mass is 16.2. The second-order valence-electron chi connectivity index (χ2n) is 7.35. The minimum absolute atomic E-state index is 0.0106. The third-order valence-electron chi connectivity index (χ3n) is 4.79. The smallest absolute Gasteiger partial charge is 0.223 e. The van der Waals surface area contributed by atoms with Crippen LogP contribution in [-0.4, -0.2) is 29.8 Å². The molecule has 0 bridgehead atoms. The first-order valence-electron chi connectivity index (χ1n) is 9.01. The number of rotatable bonds is 5. The Balaban J connectivity index is 1.86. The summed E-state index contributed by atoms with van der Waals surface area (Å²) in [5, 5.41) is 3.13. The molecule has 2 amide bonds. The number of likely N-dealkylation sites (tertiary alicyclic amines) is 1. The fraction of sp³-hybridized carbons (Fsp3) is 0.600. The van der Waals surface area contributed by atoms with Crippen molar-refractivity contribution in [1.29, 1.82) is 0 Å². The molecule has 1 aliphatic heterocycles. The van der Waals surface area contributed by atoms with Crippen molar-refractivity contribution in [3.8, 4) is 0 Å². The Morgan fingerprint density at radius 3 is 2.21 bits per heavy atom. The third kappa shape index (κ3) is 5.08. The van der Waals surface area contributed by atoms with Gasteiger partial charge in [0.15, 0.2) is 0 Å². The van der Waals surface area contributed by atoms with Gasteiger partial charge in [0.2, 0.25) is 11.8 Å². The van der Waals surface area contributed by atoms with Gasteiger partial charge < -0.3 is 10.2 Å². The molecule has 0 saturated carbocycles. The molecule has 24 heavy (non-hydrogen) atoms. The Morgan fingerprint density at radius 2 is 1.71 bits per heavy atom. The van der Waals surface area contributed by atoms with Crippen molar-refractivity contribution in [1.82, 2.24) is 10.2 Å². The van der Waals surface area contributed by atoms with E-state index < -0.39 is 0 Å². The topological polar surface area (TPSA) is 49.4 Å². The van der Waals surface area contributed by atoms with Gasteiger partial charge in [-0.15, -0.1) is 0 Å². The molecule has 1 aliphatic rings. The maximum atomic E-state index is 12.5. The Hall–Kier alpha value is -1.84. The summed E-state index contributed by atoms with van der Waals surface area (Å²) in [6.07, 6.45) is 2.59. The van der Waals surface area contributed by atoms with Gasteiger partial charge >= 0.3 is 0 Å². The van der Waals surface area contributed by atoms with Gasteiger partial charge in [-0.25, -0.2) is 0 Å². The molecular formula is C20H30N2O2. The Bertz CT molecular complexity index is 558. The van der Waals surface area contributed by atoms with E-state index in [9.17, 15) is 9.59 Å². The maximum absolute atomic E-state index is 12.5. The van der Waals surface area contributed by atoms with Crippen LogP contribution < -0.4 is 5.32 Å². The van der Waals surface area contributed by atoms with Crippen molar-refractivity contribution in [3.05, 3.63) is 35.4 Å². The van der Waals surface area contributed by atoms with Gasteiger partial charge in [0.1, 0.15) is 0 Å². The van der Waals surface area contributed by atoms with Crippen LogP contribution in [-0.2, 0) is 16.0 Å². The van der Waals surface area contributed by atoms with E-state index >= 15 is 0 Å². The molecular weight excluding hydrogens is 300 g/mol. The van der Waals surface area contributed by atoms with E-state index in [1.54, 1.807) is 6.92 Å². The number of nitrogens with one attached hydrogen (secondary N) is 1. The van der Waals surface area contributed by atoms with Crippen LogP contribution in [0.2, 0.25) is 0 Å². The summed E-state index contributed by atoms with van der Waals surface area (Å²) in [5.41, 5.74) is 2.47. The quantitative estimate of drug-likeness (QED) is 0.900. The van der Waals surface area contributed by atoms with Crippen molar-refractivity contribution in [2.75, 3.05) is 13.1 Å². The number of carbonyl (C=O) groups excluding carboxylic acids is 2. The number of amides is 2. The van der Waals surface area contributed by atoms with E-state index in [1.807, 2.05) is 11.8 Å². The first-order chi connectivity index (χ1) is 11.4. The predicted molar refractivity (Wildman–Crippen MR) is 96.5 cm³/mol. The highest BCUT2D eigenvalue weighted by Gasteiger charge is 2.26. The molecule has 2 rings (SSSR count). The summed E-state index contributed by atoms with van der Waals surface area (Å²) in [6, 6.07) is 8.55. The molecule has 4 nitrogen and oxygen atoms in total. The maximum Gasteiger partial charge on any atom is 0.223 e. The van der Waals surface area contributed by atoms with Gasteiger partial charge in [0.25, 0.3) is 0 Å². The largest absolute Gasteiger partial charge is 0.349 e. The standard InChI is InChI=1S/C20H30N2O2/c1-14(2)13-17-5-7-18(8-6-17)15(3)21-20(24)19-9-11-22(12-10-19)16(4)23/h5-8,14-15,19H,9-13H2,1-4H3,(H,21,24). The fourth-order valence-electron chi connectivity index (χ4n) is 3.28. The molecule has 1 heterocycles. The summed E-state index contributed by atoms with van der Waals surface area (Å²) < 4.78 is 0. The van der Waals surface area contributed by atoms with Crippen molar-refractivity contribution >= 4 is 11.8 Å². The molecule has 0 aliphatic carbocycles.